The fourth-order valence-corrected chi connectivity index (χ4v) is 1.84. The summed E-state index contributed by atoms with van der Waals surface area (Å²) < 4.78 is 10.2. The maximum Gasteiger partial charge on any atom is 0.224 e. The summed E-state index contributed by atoms with van der Waals surface area (Å²) in [6, 6.07) is 1.92. The van der Waals surface area contributed by atoms with Crippen LogP contribution < -0.4 is 4.90 Å². The third-order valence-corrected chi connectivity index (χ3v) is 2.65. The lowest BCUT2D eigenvalue weighted by atomic mass is 10.3. The number of ether oxygens (including phenoxy) is 2. The molecule has 6 heteroatoms. The molecule has 0 aliphatic carbocycles. The molecular weight excluding hydrogens is 254 g/mol. The zero-order valence-electron chi connectivity index (χ0n) is 11.1. The Bertz CT molecular complexity index is 343. The fraction of sp³-hybridized carbons (Fsp3) is 0.667. The first-order valence-corrected chi connectivity index (χ1v) is 6.29. The van der Waals surface area contributed by atoms with Crippen molar-refractivity contribution in [1.29, 1.82) is 0 Å². The van der Waals surface area contributed by atoms with Crippen molar-refractivity contribution in [2.24, 2.45) is 0 Å². The van der Waals surface area contributed by atoms with Crippen LogP contribution in [0.3, 0.4) is 0 Å². The molecule has 102 valence electrons. The van der Waals surface area contributed by atoms with Gasteiger partial charge in [0.2, 0.25) is 5.28 Å². The Morgan fingerprint density at radius 2 is 1.89 bits per heavy atom. The zero-order chi connectivity index (χ0) is 13.4. The van der Waals surface area contributed by atoms with Gasteiger partial charge in [-0.05, 0) is 24.9 Å². The number of methoxy groups -OCH3 is 2. The molecule has 0 radical (unpaired) electrons. The molecule has 18 heavy (non-hydrogen) atoms. The van der Waals surface area contributed by atoms with Gasteiger partial charge in [-0.3, -0.25) is 0 Å². The van der Waals surface area contributed by atoms with E-state index >= 15 is 0 Å². The standard InChI is InChI=1S/C12H20ClN3O2/c1-10-9-11(15-12(13)14-10)16(6-8-18-3)5-4-7-17-2/h9H,4-8H2,1-3H3. The van der Waals surface area contributed by atoms with E-state index in [1.165, 1.54) is 0 Å². The number of anilines is 1. The molecular formula is C12H20ClN3O2. The second-order valence-electron chi connectivity index (χ2n) is 3.96. The highest BCUT2D eigenvalue weighted by atomic mass is 35.5. The maximum atomic E-state index is 5.88. The molecule has 0 saturated carbocycles. The number of aromatic nitrogens is 2. The van der Waals surface area contributed by atoms with Crippen LogP contribution >= 0.6 is 11.6 Å². The third kappa shape index (κ3) is 5.16. The summed E-state index contributed by atoms with van der Waals surface area (Å²) in [5.41, 5.74) is 0.860. The minimum atomic E-state index is 0.277. The monoisotopic (exact) mass is 273 g/mol. The van der Waals surface area contributed by atoms with E-state index in [0.717, 1.165) is 37.6 Å². The van der Waals surface area contributed by atoms with Crippen LogP contribution in [0.2, 0.25) is 5.28 Å². The quantitative estimate of drug-likeness (QED) is 0.535. The molecule has 0 spiro atoms. The van der Waals surface area contributed by atoms with E-state index in [1.807, 2.05) is 13.0 Å². The van der Waals surface area contributed by atoms with Crippen molar-refractivity contribution in [3.8, 4) is 0 Å². The van der Waals surface area contributed by atoms with Gasteiger partial charge in [0.25, 0.3) is 0 Å². The fourth-order valence-electron chi connectivity index (χ4n) is 1.62. The molecule has 0 unspecified atom stereocenters. The van der Waals surface area contributed by atoms with E-state index in [4.69, 9.17) is 21.1 Å². The molecule has 1 aromatic rings. The van der Waals surface area contributed by atoms with Crippen molar-refractivity contribution >= 4 is 17.4 Å². The Balaban J connectivity index is 2.72. The first kappa shape index (κ1) is 15.1. The summed E-state index contributed by atoms with van der Waals surface area (Å²) >= 11 is 5.88. The Hall–Kier alpha value is -0.910. The van der Waals surface area contributed by atoms with Gasteiger partial charge in [-0.25, -0.2) is 9.97 Å². The van der Waals surface area contributed by atoms with Crippen molar-refractivity contribution in [3.05, 3.63) is 17.0 Å². The SMILES string of the molecule is COCCCN(CCOC)c1cc(C)nc(Cl)n1. The summed E-state index contributed by atoms with van der Waals surface area (Å²) in [7, 11) is 3.39. The Kier molecular flexibility index (Phi) is 6.93. The van der Waals surface area contributed by atoms with Crippen LogP contribution in [0, 0.1) is 6.92 Å². The predicted molar refractivity (Wildman–Crippen MR) is 72.4 cm³/mol. The second-order valence-corrected chi connectivity index (χ2v) is 4.30. The van der Waals surface area contributed by atoms with Crippen LogP contribution in [-0.4, -0.2) is 50.5 Å². The van der Waals surface area contributed by atoms with Crippen LogP contribution in [0.5, 0.6) is 0 Å². The largest absolute Gasteiger partial charge is 0.385 e. The van der Waals surface area contributed by atoms with E-state index in [1.54, 1.807) is 14.2 Å². The van der Waals surface area contributed by atoms with Gasteiger partial charge < -0.3 is 14.4 Å². The van der Waals surface area contributed by atoms with Crippen molar-refractivity contribution in [2.45, 2.75) is 13.3 Å². The van der Waals surface area contributed by atoms with E-state index in [2.05, 4.69) is 14.9 Å². The highest BCUT2D eigenvalue weighted by Gasteiger charge is 2.09. The Morgan fingerprint density at radius 1 is 1.17 bits per heavy atom. The highest BCUT2D eigenvalue weighted by molar-refractivity contribution is 6.28. The van der Waals surface area contributed by atoms with E-state index < -0.39 is 0 Å². The van der Waals surface area contributed by atoms with Crippen LogP contribution in [-0.2, 0) is 9.47 Å². The van der Waals surface area contributed by atoms with E-state index in [9.17, 15) is 0 Å². The first-order chi connectivity index (χ1) is 8.67. The van der Waals surface area contributed by atoms with Crippen LogP contribution in [0.4, 0.5) is 5.82 Å². The number of hydrogen-bond donors (Lipinski definition) is 0. The first-order valence-electron chi connectivity index (χ1n) is 5.91. The molecule has 0 fully saturated rings. The van der Waals surface area contributed by atoms with Gasteiger partial charge in [-0.1, -0.05) is 0 Å². The number of hydrogen-bond acceptors (Lipinski definition) is 5. The van der Waals surface area contributed by atoms with Gasteiger partial charge in [0.1, 0.15) is 5.82 Å². The summed E-state index contributed by atoms with van der Waals surface area (Å²) in [5.74, 6) is 0.834. The van der Waals surface area contributed by atoms with Crippen LogP contribution in [0.25, 0.3) is 0 Å². The Labute approximate surface area is 113 Å². The van der Waals surface area contributed by atoms with Crippen LogP contribution in [0.15, 0.2) is 6.07 Å². The number of aryl methyl sites for hydroxylation is 1. The predicted octanol–water partition coefficient (Wildman–Crippen LogP) is 1.93. The molecule has 0 N–H and O–H groups in total. The number of halogens is 1. The molecule has 1 rings (SSSR count). The molecule has 0 bridgehead atoms. The summed E-state index contributed by atoms with van der Waals surface area (Å²) in [6.07, 6.45) is 0.931. The van der Waals surface area contributed by atoms with Gasteiger partial charge >= 0.3 is 0 Å². The van der Waals surface area contributed by atoms with Crippen molar-refractivity contribution in [2.75, 3.05) is 45.4 Å². The zero-order valence-corrected chi connectivity index (χ0v) is 11.9. The molecule has 0 aliphatic rings. The van der Waals surface area contributed by atoms with Gasteiger partial charge in [-0.2, -0.15) is 0 Å². The van der Waals surface area contributed by atoms with Crippen molar-refractivity contribution in [3.63, 3.8) is 0 Å². The second kappa shape index (κ2) is 8.24. The molecule has 0 aromatic carbocycles. The third-order valence-electron chi connectivity index (χ3n) is 2.48. The summed E-state index contributed by atoms with van der Waals surface area (Å²) in [4.78, 5) is 10.4. The van der Waals surface area contributed by atoms with E-state index in [-0.39, 0.29) is 5.28 Å². The number of rotatable bonds is 8. The van der Waals surface area contributed by atoms with Crippen molar-refractivity contribution in [1.82, 2.24) is 9.97 Å². The lowest BCUT2D eigenvalue weighted by Gasteiger charge is -2.23. The van der Waals surface area contributed by atoms with Crippen LogP contribution in [0.1, 0.15) is 12.1 Å². The summed E-state index contributed by atoms with van der Waals surface area (Å²) in [6.45, 7) is 4.90. The molecule has 0 atom stereocenters. The van der Waals surface area contributed by atoms with Gasteiger partial charge in [0, 0.05) is 45.7 Å². The highest BCUT2D eigenvalue weighted by Crippen LogP contribution is 2.15. The molecule has 0 aliphatic heterocycles. The minimum absolute atomic E-state index is 0.277. The molecule has 1 aromatic heterocycles. The lowest BCUT2D eigenvalue weighted by molar-refractivity contribution is 0.191. The summed E-state index contributed by atoms with van der Waals surface area (Å²) in [5, 5.41) is 0.277. The van der Waals surface area contributed by atoms with E-state index in [0.29, 0.717) is 6.61 Å². The maximum absolute atomic E-state index is 5.88. The minimum Gasteiger partial charge on any atom is -0.385 e. The average molecular weight is 274 g/mol. The molecule has 1 heterocycles. The Morgan fingerprint density at radius 3 is 2.50 bits per heavy atom. The smallest absolute Gasteiger partial charge is 0.224 e. The normalized spacial score (nSPS) is 10.7. The molecule has 5 nitrogen and oxygen atoms in total. The van der Waals surface area contributed by atoms with Gasteiger partial charge in [0.15, 0.2) is 0 Å². The topological polar surface area (TPSA) is 47.5 Å². The van der Waals surface area contributed by atoms with Gasteiger partial charge in [-0.15, -0.1) is 0 Å². The van der Waals surface area contributed by atoms with Crippen molar-refractivity contribution < 1.29 is 9.47 Å². The van der Waals surface area contributed by atoms with Gasteiger partial charge in [0.05, 0.1) is 6.61 Å². The lowest BCUT2D eigenvalue weighted by Crippen LogP contribution is -2.30. The number of nitrogens with zero attached hydrogens (tertiary/aromatic N) is 3. The molecule has 0 saturated heterocycles. The molecule has 0 amide bonds. The average Bonchev–Trinajstić information content (AvgIpc) is 2.32.